The summed E-state index contributed by atoms with van der Waals surface area (Å²) in [4.78, 5) is 11.6. The number of hydrogen-bond acceptors (Lipinski definition) is 3. The minimum absolute atomic E-state index is 0.0544. The van der Waals surface area contributed by atoms with Crippen LogP contribution in [0.15, 0.2) is 18.2 Å². The van der Waals surface area contributed by atoms with Crippen LogP contribution < -0.4 is 10.5 Å². The highest BCUT2D eigenvalue weighted by Gasteiger charge is 2.29. The van der Waals surface area contributed by atoms with E-state index in [0.29, 0.717) is 0 Å². The highest BCUT2D eigenvalue weighted by atomic mass is 19.3. The van der Waals surface area contributed by atoms with E-state index in [9.17, 15) is 13.6 Å². The predicted molar refractivity (Wildman–Crippen MR) is 60.5 cm³/mol. The minimum Gasteiger partial charge on any atom is -0.496 e. The highest BCUT2D eigenvalue weighted by molar-refractivity contribution is 6.00. The third-order valence-corrected chi connectivity index (χ3v) is 2.37. The van der Waals surface area contributed by atoms with Crippen molar-refractivity contribution in [2.24, 2.45) is 5.73 Å². The molecule has 0 saturated heterocycles. The molecule has 3 nitrogen and oxygen atoms in total. The first-order valence-corrected chi connectivity index (χ1v) is 5.13. The second-order valence-electron chi connectivity index (χ2n) is 3.96. The Morgan fingerprint density at radius 1 is 1.47 bits per heavy atom. The lowest BCUT2D eigenvalue weighted by Crippen LogP contribution is -2.27. The maximum absolute atomic E-state index is 13.3. The second-order valence-corrected chi connectivity index (χ2v) is 3.96. The van der Waals surface area contributed by atoms with Crippen molar-refractivity contribution in [2.45, 2.75) is 25.8 Å². The van der Waals surface area contributed by atoms with Gasteiger partial charge in [-0.2, -0.15) is 0 Å². The third-order valence-electron chi connectivity index (χ3n) is 2.37. The number of carbonyl (C=O) groups excluding carboxylic acids is 1. The smallest absolute Gasteiger partial charge is 0.274 e. The van der Waals surface area contributed by atoms with Gasteiger partial charge >= 0.3 is 0 Å². The molecule has 1 rings (SSSR count). The molecule has 0 radical (unpaired) electrons. The van der Waals surface area contributed by atoms with Crippen molar-refractivity contribution in [3.8, 4) is 5.75 Å². The molecule has 0 aliphatic carbocycles. The molecule has 0 fully saturated rings. The maximum atomic E-state index is 13.3. The average Bonchev–Trinajstić information content (AvgIpc) is 2.25. The standard InChI is InChI=1S/C12H15F2NO2/c1-7(15)11(16)8-4-5-10(17-3)9(6-8)12(2,13)14/h4-7H,15H2,1-3H3. The molecule has 0 aliphatic rings. The van der Waals surface area contributed by atoms with Crippen molar-refractivity contribution in [3.05, 3.63) is 29.3 Å². The summed E-state index contributed by atoms with van der Waals surface area (Å²) in [6.07, 6.45) is 0. The molecule has 0 bridgehead atoms. The van der Waals surface area contributed by atoms with Crippen LogP contribution in [0, 0.1) is 0 Å². The number of Topliss-reactive ketones (excluding diaryl/α,β-unsaturated/α-hetero) is 1. The molecule has 0 heterocycles. The van der Waals surface area contributed by atoms with Crippen molar-refractivity contribution >= 4 is 5.78 Å². The first-order valence-electron chi connectivity index (χ1n) is 5.13. The number of carbonyl (C=O) groups is 1. The minimum atomic E-state index is -3.07. The number of ketones is 1. The van der Waals surface area contributed by atoms with Gasteiger partial charge in [0.25, 0.3) is 5.92 Å². The number of hydrogen-bond donors (Lipinski definition) is 1. The van der Waals surface area contributed by atoms with Crippen LogP contribution in [0.5, 0.6) is 5.75 Å². The summed E-state index contributed by atoms with van der Waals surface area (Å²) in [5.74, 6) is -3.39. The lowest BCUT2D eigenvalue weighted by molar-refractivity contribution is 0.0150. The van der Waals surface area contributed by atoms with Crippen LogP contribution in [0.1, 0.15) is 29.8 Å². The SMILES string of the molecule is COc1ccc(C(=O)C(C)N)cc1C(C)(F)F. The third kappa shape index (κ3) is 3.00. The Morgan fingerprint density at radius 2 is 2.06 bits per heavy atom. The molecule has 94 valence electrons. The van der Waals surface area contributed by atoms with Crippen LogP contribution in [-0.2, 0) is 5.92 Å². The zero-order valence-corrected chi connectivity index (χ0v) is 9.96. The van der Waals surface area contributed by atoms with Gasteiger partial charge in [0.2, 0.25) is 0 Å². The quantitative estimate of drug-likeness (QED) is 0.826. The number of methoxy groups -OCH3 is 1. The normalized spacial score (nSPS) is 13.3. The second kappa shape index (κ2) is 4.79. The fourth-order valence-corrected chi connectivity index (χ4v) is 1.47. The van der Waals surface area contributed by atoms with Gasteiger partial charge in [-0.1, -0.05) is 0 Å². The Hall–Kier alpha value is -1.49. The largest absolute Gasteiger partial charge is 0.496 e. The molecule has 0 aromatic heterocycles. The summed E-state index contributed by atoms with van der Waals surface area (Å²) in [6.45, 7) is 2.27. The van der Waals surface area contributed by atoms with Gasteiger partial charge in [-0.3, -0.25) is 4.79 Å². The Morgan fingerprint density at radius 3 is 2.47 bits per heavy atom. The fraction of sp³-hybridized carbons (Fsp3) is 0.417. The summed E-state index contributed by atoms with van der Waals surface area (Å²) in [5.41, 5.74) is 5.28. The van der Waals surface area contributed by atoms with Gasteiger partial charge in [-0.15, -0.1) is 0 Å². The zero-order chi connectivity index (χ0) is 13.2. The van der Waals surface area contributed by atoms with Gasteiger partial charge in [0.05, 0.1) is 18.7 Å². The monoisotopic (exact) mass is 243 g/mol. The molecular formula is C12H15F2NO2. The molecule has 17 heavy (non-hydrogen) atoms. The number of nitrogens with two attached hydrogens (primary N) is 1. The van der Waals surface area contributed by atoms with Crippen molar-refractivity contribution < 1.29 is 18.3 Å². The van der Waals surface area contributed by atoms with Crippen LogP contribution in [0.3, 0.4) is 0 Å². The molecule has 0 aliphatic heterocycles. The van der Waals surface area contributed by atoms with E-state index in [-0.39, 0.29) is 22.7 Å². The molecule has 0 amide bonds. The van der Waals surface area contributed by atoms with Crippen LogP contribution >= 0.6 is 0 Å². The molecule has 1 aromatic rings. The fourth-order valence-electron chi connectivity index (χ4n) is 1.47. The van der Waals surface area contributed by atoms with Crippen LogP contribution in [0.25, 0.3) is 0 Å². The van der Waals surface area contributed by atoms with E-state index >= 15 is 0 Å². The summed E-state index contributed by atoms with van der Waals surface area (Å²) in [5, 5.41) is 0. The number of rotatable bonds is 4. The van der Waals surface area contributed by atoms with E-state index in [2.05, 4.69) is 0 Å². The van der Waals surface area contributed by atoms with Crippen molar-refractivity contribution in [1.82, 2.24) is 0 Å². The first kappa shape index (κ1) is 13.6. The molecule has 2 N–H and O–H groups in total. The average molecular weight is 243 g/mol. The Kier molecular flexibility index (Phi) is 3.83. The molecule has 1 unspecified atom stereocenters. The molecule has 1 atom stereocenters. The van der Waals surface area contributed by atoms with Crippen molar-refractivity contribution in [3.63, 3.8) is 0 Å². The van der Waals surface area contributed by atoms with Gasteiger partial charge in [0.1, 0.15) is 5.75 Å². The lowest BCUT2D eigenvalue weighted by atomic mass is 10.00. The van der Waals surface area contributed by atoms with Gasteiger partial charge in [-0.05, 0) is 25.1 Å². The molecule has 0 spiro atoms. The lowest BCUT2D eigenvalue weighted by Gasteiger charge is -2.16. The molecule has 1 aromatic carbocycles. The number of alkyl halides is 2. The zero-order valence-electron chi connectivity index (χ0n) is 9.96. The predicted octanol–water partition coefficient (Wildman–Crippen LogP) is 2.34. The van der Waals surface area contributed by atoms with E-state index in [0.717, 1.165) is 13.0 Å². The molecule has 0 saturated carbocycles. The number of benzene rings is 1. The van der Waals surface area contributed by atoms with E-state index in [1.165, 1.54) is 26.2 Å². The molecule has 5 heteroatoms. The Labute approximate surface area is 98.6 Å². The number of ether oxygens (including phenoxy) is 1. The van der Waals surface area contributed by atoms with Crippen molar-refractivity contribution in [2.75, 3.05) is 7.11 Å². The summed E-state index contributed by atoms with van der Waals surface area (Å²) >= 11 is 0. The van der Waals surface area contributed by atoms with Crippen LogP contribution in [0.4, 0.5) is 8.78 Å². The number of halogens is 2. The van der Waals surface area contributed by atoms with Gasteiger partial charge in [-0.25, -0.2) is 8.78 Å². The topological polar surface area (TPSA) is 52.3 Å². The Bertz CT molecular complexity index is 425. The van der Waals surface area contributed by atoms with Gasteiger partial charge in [0, 0.05) is 12.5 Å². The van der Waals surface area contributed by atoms with Gasteiger partial charge in [0.15, 0.2) is 5.78 Å². The van der Waals surface area contributed by atoms with Crippen LogP contribution in [0.2, 0.25) is 0 Å². The van der Waals surface area contributed by atoms with E-state index in [1.807, 2.05) is 0 Å². The van der Waals surface area contributed by atoms with Crippen molar-refractivity contribution in [1.29, 1.82) is 0 Å². The summed E-state index contributed by atoms with van der Waals surface area (Å²) in [7, 11) is 1.30. The van der Waals surface area contributed by atoms with E-state index in [4.69, 9.17) is 10.5 Å². The van der Waals surface area contributed by atoms with Gasteiger partial charge < -0.3 is 10.5 Å². The van der Waals surface area contributed by atoms with E-state index < -0.39 is 12.0 Å². The highest BCUT2D eigenvalue weighted by Crippen LogP contribution is 2.35. The van der Waals surface area contributed by atoms with E-state index in [1.54, 1.807) is 0 Å². The summed E-state index contributed by atoms with van der Waals surface area (Å²) in [6, 6.07) is 3.19. The molecular weight excluding hydrogens is 228 g/mol. The first-order chi connectivity index (χ1) is 7.77. The summed E-state index contributed by atoms with van der Waals surface area (Å²) < 4.78 is 31.5. The van der Waals surface area contributed by atoms with Crippen LogP contribution in [-0.4, -0.2) is 18.9 Å². The maximum Gasteiger partial charge on any atom is 0.274 e. The Balaban J connectivity index is 3.28.